The van der Waals surface area contributed by atoms with Gasteiger partial charge in [-0.3, -0.25) is 4.79 Å². The second-order valence-electron chi connectivity index (χ2n) is 5.14. The molecule has 0 saturated heterocycles. The fourth-order valence-electron chi connectivity index (χ4n) is 1.31. The zero-order valence-electron chi connectivity index (χ0n) is 11.9. The third-order valence-electron chi connectivity index (χ3n) is 2.00. The second kappa shape index (κ2) is 6.43. The molecule has 0 aliphatic heterocycles. The summed E-state index contributed by atoms with van der Waals surface area (Å²) in [6.07, 6.45) is -4.96. The summed E-state index contributed by atoms with van der Waals surface area (Å²) in [5.74, 6) is -3.19. The van der Waals surface area contributed by atoms with Crippen LogP contribution < -0.4 is 10.1 Å². The number of amides is 1. The molecule has 22 heavy (non-hydrogen) atoms. The Labute approximate surface area is 129 Å². The minimum absolute atomic E-state index is 0.0500. The third-order valence-corrected chi connectivity index (χ3v) is 2.23. The highest BCUT2D eigenvalue weighted by molar-refractivity contribution is 6.38. The molecule has 0 aliphatic carbocycles. The minimum atomic E-state index is -4.96. The SMILES string of the molecule is CC(C)(C)OC(=O)C(=O)Nc1cc(Cl)ccc1OC(F)(F)F. The molecule has 0 saturated carbocycles. The first-order chi connectivity index (χ1) is 9.87. The van der Waals surface area contributed by atoms with Gasteiger partial charge < -0.3 is 14.8 Å². The van der Waals surface area contributed by atoms with Gasteiger partial charge in [-0.1, -0.05) is 11.6 Å². The van der Waals surface area contributed by atoms with E-state index >= 15 is 0 Å². The molecular weight excluding hydrogens is 327 g/mol. The van der Waals surface area contributed by atoms with Crippen LogP contribution in [-0.2, 0) is 14.3 Å². The second-order valence-corrected chi connectivity index (χ2v) is 5.58. The molecule has 0 heterocycles. The Balaban J connectivity index is 2.94. The molecule has 0 radical (unpaired) electrons. The standard InChI is InChI=1S/C13H13ClF3NO4/c1-12(2,3)22-11(20)10(19)18-8-6-7(14)4-5-9(8)21-13(15,16)17/h4-6H,1-3H3,(H,18,19). The topological polar surface area (TPSA) is 64.6 Å². The number of rotatable bonds is 2. The number of carbonyl (C=O) groups excluding carboxylic acids is 2. The number of hydrogen-bond acceptors (Lipinski definition) is 4. The summed E-state index contributed by atoms with van der Waals surface area (Å²) >= 11 is 5.65. The van der Waals surface area contributed by atoms with E-state index in [1.807, 2.05) is 5.32 Å². The van der Waals surface area contributed by atoms with E-state index in [-0.39, 0.29) is 5.02 Å². The Bertz CT molecular complexity index is 582. The first kappa shape index (κ1) is 18.1. The van der Waals surface area contributed by atoms with Crippen molar-refractivity contribution in [3.63, 3.8) is 0 Å². The molecule has 1 rings (SSSR count). The maximum atomic E-state index is 12.3. The van der Waals surface area contributed by atoms with Crippen molar-refractivity contribution in [1.29, 1.82) is 0 Å². The average Bonchev–Trinajstić information content (AvgIpc) is 2.28. The highest BCUT2D eigenvalue weighted by atomic mass is 35.5. The molecule has 9 heteroatoms. The summed E-state index contributed by atoms with van der Waals surface area (Å²) in [4.78, 5) is 23.2. The van der Waals surface area contributed by atoms with E-state index in [1.54, 1.807) is 0 Å². The number of anilines is 1. The lowest BCUT2D eigenvalue weighted by Crippen LogP contribution is -2.32. The van der Waals surface area contributed by atoms with Gasteiger partial charge >= 0.3 is 18.2 Å². The van der Waals surface area contributed by atoms with Gasteiger partial charge in [0.2, 0.25) is 0 Å². The van der Waals surface area contributed by atoms with Crippen LogP contribution >= 0.6 is 11.6 Å². The van der Waals surface area contributed by atoms with Crippen molar-refractivity contribution in [2.24, 2.45) is 0 Å². The third kappa shape index (κ3) is 6.21. The lowest BCUT2D eigenvalue weighted by Gasteiger charge is -2.19. The Morgan fingerprint density at radius 2 is 1.77 bits per heavy atom. The number of carbonyl (C=O) groups is 2. The van der Waals surface area contributed by atoms with Gasteiger partial charge in [0.25, 0.3) is 0 Å². The fraction of sp³-hybridized carbons (Fsp3) is 0.385. The number of benzene rings is 1. The molecule has 0 fully saturated rings. The van der Waals surface area contributed by atoms with Gasteiger partial charge in [-0.2, -0.15) is 0 Å². The van der Waals surface area contributed by atoms with Crippen LogP contribution in [0, 0.1) is 0 Å². The van der Waals surface area contributed by atoms with Gasteiger partial charge in [-0.05, 0) is 39.0 Å². The maximum absolute atomic E-state index is 12.3. The van der Waals surface area contributed by atoms with Crippen molar-refractivity contribution in [2.45, 2.75) is 32.7 Å². The van der Waals surface area contributed by atoms with Crippen LogP contribution in [0.3, 0.4) is 0 Å². The summed E-state index contributed by atoms with van der Waals surface area (Å²) < 4.78 is 45.4. The van der Waals surface area contributed by atoms with E-state index in [4.69, 9.17) is 16.3 Å². The van der Waals surface area contributed by atoms with E-state index in [0.29, 0.717) is 0 Å². The van der Waals surface area contributed by atoms with Gasteiger partial charge in [-0.25, -0.2) is 4.79 Å². The Hall–Kier alpha value is -1.96. The van der Waals surface area contributed by atoms with Crippen LogP contribution in [0.5, 0.6) is 5.75 Å². The molecule has 122 valence electrons. The molecule has 5 nitrogen and oxygen atoms in total. The number of halogens is 4. The lowest BCUT2D eigenvalue weighted by atomic mass is 10.2. The van der Waals surface area contributed by atoms with E-state index in [0.717, 1.165) is 18.2 Å². The number of ether oxygens (including phenoxy) is 2. The van der Waals surface area contributed by atoms with Crippen molar-refractivity contribution in [2.75, 3.05) is 5.32 Å². The number of hydrogen-bond donors (Lipinski definition) is 1. The van der Waals surface area contributed by atoms with Gasteiger partial charge in [-0.15, -0.1) is 13.2 Å². The zero-order chi connectivity index (χ0) is 17.1. The van der Waals surface area contributed by atoms with Crippen molar-refractivity contribution in [3.8, 4) is 5.75 Å². The van der Waals surface area contributed by atoms with Crippen molar-refractivity contribution in [3.05, 3.63) is 23.2 Å². The summed E-state index contributed by atoms with van der Waals surface area (Å²) in [6.45, 7) is 4.61. The molecule has 1 aromatic carbocycles. The quantitative estimate of drug-likeness (QED) is 0.661. The predicted octanol–water partition coefficient (Wildman–Crippen LogP) is 3.52. The molecule has 0 unspecified atom stereocenters. The minimum Gasteiger partial charge on any atom is -0.453 e. The molecular formula is C13H13ClF3NO4. The molecule has 1 aromatic rings. The summed E-state index contributed by atoms with van der Waals surface area (Å²) in [5, 5.41) is 2.02. The van der Waals surface area contributed by atoms with Crippen molar-refractivity contribution >= 4 is 29.2 Å². The summed E-state index contributed by atoms with van der Waals surface area (Å²) in [6, 6.07) is 3.08. The maximum Gasteiger partial charge on any atom is 0.573 e. The first-order valence-electron chi connectivity index (χ1n) is 5.97. The van der Waals surface area contributed by atoms with Gasteiger partial charge in [0, 0.05) is 5.02 Å². The monoisotopic (exact) mass is 339 g/mol. The van der Waals surface area contributed by atoms with Gasteiger partial charge in [0.1, 0.15) is 5.60 Å². The highest BCUT2D eigenvalue weighted by Crippen LogP contribution is 2.32. The molecule has 0 aliphatic rings. The van der Waals surface area contributed by atoms with Crippen LogP contribution in [-0.4, -0.2) is 23.8 Å². The highest BCUT2D eigenvalue weighted by Gasteiger charge is 2.33. The number of esters is 1. The lowest BCUT2D eigenvalue weighted by molar-refractivity contribution is -0.274. The number of nitrogens with one attached hydrogen (secondary N) is 1. The van der Waals surface area contributed by atoms with Crippen LogP contribution in [0.15, 0.2) is 18.2 Å². The van der Waals surface area contributed by atoms with E-state index in [9.17, 15) is 22.8 Å². The largest absolute Gasteiger partial charge is 0.573 e. The smallest absolute Gasteiger partial charge is 0.453 e. The van der Waals surface area contributed by atoms with Crippen LogP contribution in [0.25, 0.3) is 0 Å². The van der Waals surface area contributed by atoms with E-state index in [1.165, 1.54) is 20.8 Å². The fourth-order valence-corrected chi connectivity index (χ4v) is 1.48. The Kier molecular flexibility index (Phi) is 5.29. The van der Waals surface area contributed by atoms with Crippen LogP contribution in [0.2, 0.25) is 5.02 Å². The average molecular weight is 340 g/mol. The van der Waals surface area contributed by atoms with Crippen molar-refractivity contribution in [1.82, 2.24) is 0 Å². The normalized spacial score (nSPS) is 11.8. The Morgan fingerprint density at radius 1 is 1.18 bits per heavy atom. The predicted molar refractivity (Wildman–Crippen MR) is 72.6 cm³/mol. The molecule has 0 bridgehead atoms. The van der Waals surface area contributed by atoms with Crippen LogP contribution in [0.4, 0.5) is 18.9 Å². The first-order valence-corrected chi connectivity index (χ1v) is 6.35. The molecule has 0 aromatic heterocycles. The molecule has 0 atom stereocenters. The van der Waals surface area contributed by atoms with Crippen LogP contribution in [0.1, 0.15) is 20.8 Å². The summed E-state index contributed by atoms with van der Waals surface area (Å²) in [5.41, 5.74) is -1.32. The zero-order valence-corrected chi connectivity index (χ0v) is 12.6. The van der Waals surface area contributed by atoms with E-state index in [2.05, 4.69) is 4.74 Å². The van der Waals surface area contributed by atoms with Gasteiger partial charge in [0.15, 0.2) is 5.75 Å². The summed E-state index contributed by atoms with van der Waals surface area (Å²) in [7, 11) is 0. The van der Waals surface area contributed by atoms with Crippen molar-refractivity contribution < 1.29 is 32.2 Å². The van der Waals surface area contributed by atoms with Gasteiger partial charge in [0.05, 0.1) is 5.69 Å². The van der Waals surface area contributed by atoms with E-state index < -0.39 is 35.3 Å². The number of alkyl halides is 3. The molecule has 0 spiro atoms. The Morgan fingerprint density at radius 3 is 2.27 bits per heavy atom. The molecule has 1 N–H and O–H groups in total. The molecule has 1 amide bonds.